The number of rotatable bonds is 6. The second-order valence-corrected chi connectivity index (χ2v) is 14.2. The van der Waals surface area contributed by atoms with Crippen LogP contribution in [0.15, 0.2) is 151 Å². The molecule has 18 nitrogen and oxygen atoms in total. The van der Waals surface area contributed by atoms with Gasteiger partial charge in [-0.05, 0) is 72.6 Å². The zero-order valence-electron chi connectivity index (χ0n) is 28.4. The second-order valence-electron chi connectivity index (χ2n) is 11.4. The van der Waals surface area contributed by atoms with Crippen LogP contribution < -0.4 is 0 Å². The van der Waals surface area contributed by atoms with E-state index in [1.165, 1.54) is 85.0 Å². The molecule has 276 valence electrons. The Morgan fingerprint density at radius 3 is 1.27 bits per heavy atom. The first-order chi connectivity index (χ1) is 25.3. The summed E-state index contributed by atoms with van der Waals surface area (Å²) in [5, 5.41) is 37.6. The molecule has 0 aliphatic heterocycles. The van der Waals surface area contributed by atoms with Crippen molar-refractivity contribution in [2.24, 2.45) is 20.5 Å². The molecule has 0 radical (unpaired) electrons. The molecule has 4 aliphatic rings. The Kier molecular flexibility index (Phi) is 13.2. The number of carbonyl (C=O) groups excluding carboxylic acids is 2. The van der Waals surface area contributed by atoms with Crippen LogP contribution in [0.4, 0.5) is 22.7 Å². The maximum Gasteiger partial charge on any atom is 2.00 e. The molecule has 2 N–H and O–H groups in total. The van der Waals surface area contributed by atoms with Gasteiger partial charge in [-0.2, -0.15) is 0 Å². The van der Waals surface area contributed by atoms with Crippen molar-refractivity contribution in [2.45, 2.75) is 13.8 Å². The van der Waals surface area contributed by atoms with Gasteiger partial charge in [0.25, 0.3) is 11.4 Å². The molecule has 0 aromatic heterocycles. The van der Waals surface area contributed by atoms with Crippen molar-refractivity contribution < 1.29 is 46.1 Å². The summed E-state index contributed by atoms with van der Waals surface area (Å²) in [6.45, 7) is 3.38. The summed E-state index contributed by atoms with van der Waals surface area (Å²) in [4.78, 5) is 44.4. The van der Waals surface area contributed by atoms with Crippen molar-refractivity contribution >= 4 is 102 Å². The fourth-order valence-corrected chi connectivity index (χ4v) is 5.95. The predicted molar refractivity (Wildman–Crippen MR) is 200 cm³/mol. The molecule has 0 spiro atoms. The van der Waals surface area contributed by atoms with Crippen molar-refractivity contribution in [1.82, 2.24) is 0 Å². The number of fused-ring (bicyclic) bond motifs is 2. The van der Waals surface area contributed by atoms with E-state index in [9.17, 15) is 47.3 Å². The summed E-state index contributed by atoms with van der Waals surface area (Å²) in [5.41, 5.74) is 2.73. The summed E-state index contributed by atoms with van der Waals surface area (Å²) < 4.78 is 63.3. The van der Waals surface area contributed by atoms with Crippen molar-refractivity contribution in [1.29, 1.82) is 0 Å². The van der Waals surface area contributed by atoms with Crippen LogP contribution in [-0.2, 0) is 29.8 Å². The number of nitrogens with zero attached hydrogens (tertiary/aromatic N) is 6. The van der Waals surface area contributed by atoms with E-state index in [0.717, 1.165) is 12.2 Å². The maximum atomic E-state index is 12.2. The fraction of sp³-hybridized carbons (Fsp3) is 0.0588. The number of nitro benzene ring substituents is 2. The van der Waals surface area contributed by atoms with Gasteiger partial charge in [0.2, 0.25) is 11.6 Å². The van der Waals surface area contributed by atoms with Gasteiger partial charge in [-0.25, -0.2) is 0 Å². The number of allylic oxidation sites excluding steroid dienone is 14. The molecule has 2 unspecified atom stereocenters. The van der Waals surface area contributed by atoms with E-state index in [2.05, 4.69) is 20.5 Å². The van der Waals surface area contributed by atoms with E-state index < -0.39 is 41.6 Å². The Hall–Kier alpha value is -5.16. The molecule has 2 aromatic rings. The Bertz CT molecular complexity index is 2470. The third-order valence-electron chi connectivity index (χ3n) is 7.77. The van der Waals surface area contributed by atoms with Gasteiger partial charge in [-0.15, -0.1) is 20.5 Å². The predicted octanol–water partition coefficient (Wildman–Crippen LogP) is 5.49. The minimum atomic E-state index is -4.39. The molecule has 0 heterocycles. The summed E-state index contributed by atoms with van der Waals surface area (Å²) in [5.74, 6) is -0.900. The quantitative estimate of drug-likeness (QED) is 0.120. The zero-order chi connectivity index (χ0) is 39.5. The minimum absolute atomic E-state index is 0. The van der Waals surface area contributed by atoms with Crippen LogP contribution >= 0.6 is 0 Å². The molecule has 0 saturated carbocycles. The SMILES string of the molecule is Cc1ccc([N+](=O)[O-])cc1N=NC1=C2C=CC(=S(=O)([O-])O)C=C2C=CC1=O.Cc1ccc([N+](=O)[O-])cc1N=NC1=C2C=CC(=S(=O)([O-])O)C=C2C=CC1=O.[Ca+2]. The number of carbonyl (C=O) groups is 2. The number of non-ortho nitro benzene ring substituents is 2. The number of azo groups is 2. The number of benzene rings is 2. The molecule has 21 heteroatoms. The van der Waals surface area contributed by atoms with Gasteiger partial charge in [0.1, 0.15) is 11.4 Å². The Morgan fingerprint density at radius 1 is 0.582 bits per heavy atom. The molecular weight excluding hydrogens is 789 g/mol. The van der Waals surface area contributed by atoms with E-state index in [4.69, 9.17) is 9.11 Å². The average molecular weight is 813 g/mol. The number of nitro groups is 2. The van der Waals surface area contributed by atoms with E-state index in [1.807, 2.05) is 0 Å². The molecule has 4 aliphatic carbocycles. The van der Waals surface area contributed by atoms with E-state index in [1.54, 1.807) is 13.8 Å². The normalized spacial score (nSPS) is 18.2. The smallest absolute Gasteiger partial charge is 0.757 e. The topological polar surface area (TPSA) is 291 Å². The van der Waals surface area contributed by atoms with Crippen LogP contribution in [0.1, 0.15) is 11.1 Å². The average Bonchev–Trinajstić information content (AvgIpc) is 3.11. The van der Waals surface area contributed by atoms with Crippen molar-refractivity contribution in [3.05, 3.63) is 162 Å². The number of aryl methyl sites for hydroxylation is 2. The van der Waals surface area contributed by atoms with Crippen LogP contribution in [0.3, 0.4) is 0 Å². The maximum absolute atomic E-state index is 12.2. The fourth-order valence-electron chi connectivity index (χ4n) is 4.92. The van der Waals surface area contributed by atoms with Gasteiger partial charge in [-0.1, -0.05) is 36.4 Å². The van der Waals surface area contributed by atoms with E-state index in [0.29, 0.717) is 33.4 Å². The number of hydrogen-bond acceptors (Lipinski definition) is 14. The summed E-state index contributed by atoms with van der Waals surface area (Å²) in [6.07, 6.45) is 12.6. The molecule has 2 aromatic carbocycles. The summed E-state index contributed by atoms with van der Waals surface area (Å²) in [6, 6.07) is 8.19. The van der Waals surface area contributed by atoms with Crippen molar-refractivity contribution in [3.63, 3.8) is 0 Å². The Labute approximate surface area is 342 Å². The molecule has 6 rings (SSSR count). The van der Waals surface area contributed by atoms with Gasteiger partial charge in [0.05, 0.1) is 21.2 Å². The van der Waals surface area contributed by atoms with Gasteiger partial charge in [0, 0.05) is 65.3 Å². The standard InChI is InChI=1S/2C17H13N3O6S.Ca/c2*1-10-2-4-12(20(22)23)9-15(10)18-19-17-14-6-5-13(27(24,25)26)8-11(14)3-7-16(17)21;/h2*2-9H,1H3,(H2,24,25,26);/q;;+2/p-2. The van der Waals surface area contributed by atoms with E-state index in [-0.39, 0.29) is 81.6 Å². The molecule has 0 fully saturated rings. The molecule has 0 bridgehead atoms. The first kappa shape index (κ1) is 42.6. The van der Waals surface area contributed by atoms with Crippen LogP contribution in [0, 0.1) is 34.1 Å². The van der Waals surface area contributed by atoms with Gasteiger partial charge in [0.15, 0.2) is 0 Å². The largest absolute Gasteiger partial charge is 2.00 e. The van der Waals surface area contributed by atoms with Gasteiger partial charge >= 0.3 is 37.7 Å². The van der Waals surface area contributed by atoms with Crippen LogP contribution in [0.5, 0.6) is 0 Å². The third-order valence-corrected chi connectivity index (χ3v) is 9.47. The van der Waals surface area contributed by atoms with Crippen LogP contribution in [0.25, 0.3) is 0 Å². The summed E-state index contributed by atoms with van der Waals surface area (Å²) >= 11 is 0. The molecule has 0 amide bonds. The summed E-state index contributed by atoms with van der Waals surface area (Å²) in [7, 11) is -8.77. The Morgan fingerprint density at radius 2 is 0.945 bits per heavy atom. The van der Waals surface area contributed by atoms with Gasteiger partial charge < -0.3 is 18.2 Å². The van der Waals surface area contributed by atoms with E-state index >= 15 is 0 Å². The number of hydrogen-bond donors (Lipinski definition) is 2. The first-order valence-corrected chi connectivity index (χ1v) is 18.0. The van der Waals surface area contributed by atoms with Crippen LogP contribution in [0.2, 0.25) is 0 Å². The third kappa shape index (κ3) is 10.1. The second kappa shape index (κ2) is 17.1. The van der Waals surface area contributed by atoms with Crippen molar-refractivity contribution in [3.8, 4) is 0 Å². The number of ketones is 2. The molecule has 2 atom stereocenters. The monoisotopic (exact) mass is 812 g/mol. The first-order valence-electron chi connectivity index (χ1n) is 15.1. The molecular formula is C34H24CaN6O12S2. The van der Waals surface area contributed by atoms with Gasteiger partial charge in [-0.3, -0.25) is 38.2 Å². The molecule has 0 saturated heterocycles. The van der Waals surface area contributed by atoms with Crippen LogP contribution in [-0.4, -0.2) is 95.5 Å². The Balaban J connectivity index is 0.000000240. The zero-order valence-corrected chi connectivity index (χ0v) is 32.3. The molecule has 55 heavy (non-hydrogen) atoms. The minimum Gasteiger partial charge on any atom is -0.757 e. The van der Waals surface area contributed by atoms with Crippen molar-refractivity contribution in [2.75, 3.05) is 0 Å².